The maximum Gasteiger partial charge on any atom is 0.490 e. The normalized spacial score (nSPS) is 35.0. The van der Waals surface area contributed by atoms with E-state index in [4.69, 9.17) is 19.4 Å². The van der Waals surface area contributed by atoms with Crippen molar-refractivity contribution in [3.63, 3.8) is 0 Å². The monoisotopic (exact) mass is 386 g/mol. The van der Waals surface area contributed by atoms with E-state index in [1.807, 2.05) is 0 Å². The maximum absolute atomic E-state index is 11.4. The lowest BCUT2D eigenvalue weighted by Gasteiger charge is -2.19. The molecule has 0 aromatic carbocycles. The molecule has 6 N–H and O–H groups in total. The fourth-order valence-corrected chi connectivity index (χ4v) is 4.57. The van der Waals surface area contributed by atoms with Gasteiger partial charge in [0.2, 0.25) is 0 Å². The molecule has 6 unspecified atom stereocenters. The van der Waals surface area contributed by atoms with Crippen LogP contribution in [-0.4, -0.2) is 68.6 Å². The first-order valence-corrected chi connectivity index (χ1v) is 10.0. The minimum atomic E-state index is -5.59. The second kappa shape index (κ2) is 7.08. The smallest absolute Gasteiger partial charge is 0.388 e. The molecule has 0 aliphatic carbocycles. The summed E-state index contributed by atoms with van der Waals surface area (Å²) in [5, 5.41) is 18.9. The highest BCUT2D eigenvalue weighted by Gasteiger charge is 2.44. The molecule has 1 aliphatic rings. The van der Waals surface area contributed by atoms with Crippen LogP contribution in [0.5, 0.6) is 0 Å². The summed E-state index contributed by atoms with van der Waals surface area (Å²) in [6.07, 6.45) is -3.94. The Balaban J connectivity index is 2.60. The maximum atomic E-state index is 11.4. The van der Waals surface area contributed by atoms with E-state index >= 15 is 0 Å². The Hall–Kier alpha value is 0.355. The minimum absolute atomic E-state index is 0.787. The van der Waals surface area contributed by atoms with Gasteiger partial charge in [0, 0.05) is 0 Å². The molecule has 22 heavy (non-hydrogen) atoms. The van der Waals surface area contributed by atoms with E-state index in [1.54, 1.807) is 0 Å². The molecule has 1 heterocycles. The molecule has 1 fully saturated rings. The van der Waals surface area contributed by atoms with Crippen LogP contribution < -0.4 is 0 Å². The summed E-state index contributed by atoms with van der Waals surface area (Å²) < 4.78 is 49.1. The Morgan fingerprint density at radius 1 is 0.955 bits per heavy atom. The lowest BCUT2D eigenvalue weighted by atomic mass is 9.93. The second-order valence-corrected chi connectivity index (χ2v) is 8.67. The van der Waals surface area contributed by atoms with Crippen molar-refractivity contribution in [2.45, 2.75) is 24.3 Å². The summed E-state index contributed by atoms with van der Waals surface area (Å²) in [6.45, 7) is -0.813. The molecule has 13 nitrogen and oxygen atoms in total. The number of phosphoric ester groups is 1. The number of rotatable bonds is 7. The van der Waals surface area contributed by atoms with Gasteiger partial charge in [-0.2, -0.15) is 8.62 Å². The molecule has 1 saturated heterocycles. The van der Waals surface area contributed by atoms with Crippen LogP contribution in [0.15, 0.2) is 0 Å². The van der Waals surface area contributed by atoms with Gasteiger partial charge in [0.25, 0.3) is 0 Å². The lowest BCUT2D eigenvalue weighted by Crippen LogP contribution is -2.34. The van der Waals surface area contributed by atoms with Crippen LogP contribution in [0, 0.1) is 0 Å². The summed E-state index contributed by atoms with van der Waals surface area (Å²) >= 11 is 0. The van der Waals surface area contributed by atoms with E-state index in [0.717, 1.165) is 0 Å². The quantitative estimate of drug-likeness (QED) is 0.196. The average molecular weight is 386 g/mol. The van der Waals surface area contributed by atoms with Gasteiger partial charge in [0.15, 0.2) is 0 Å². The van der Waals surface area contributed by atoms with Gasteiger partial charge in [-0.05, 0) is 0 Å². The van der Waals surface area contributed by atoms with Crippen LogP contribution in [-0.2, 0) is 31.6 Å². The molecule has 1 rings (SSSR count). The summed E-state index contributed by atoms with van der Waals surface area (Å²) in [5.41, 5.74) is 0. The van der Waals surface area contributed by atoms with E-state index in [0.29, 0.717) is 0 Å². The van der Waals surface area contributed by atoms with Crippen LogP contribution >= 0.6 is 23.5 Å². The third-order valence-electron chi connectivity index (χ3n) is 2.42. The van der Waals surface area contributed by atoms with Crippen LogP contribution in [0.3, 0.4) is 0 Å². The van der Waals surface area contributed by atoms with E-state index in [9.17, 15) is 28.8 Å². The van der Waals surface area contributed by atoms with Crippen molar-refractivity contribution in [1.29, 1.82) is 0 Å². The summed E-state index contributed by atoms with van der Waals surface area (Å²) in [6, 6.07) is -0.787. The molecule has 0 spiro atoms. The minimum Gasteiger partial charge on any atom is -0.388 e. The molecule has 0 aromatic heterocycles. The van der Waals surface area contributed by atoms with Crippen molar-refractivity contribution < 1.29 is 61.4 Å². The molecule has 0 aromatic rings. The Kier molecular flexibility index (Phi) is 6.56. The first kappa shape index (κ1) is 20.4. The molecule has 0 radical (unpaired) electrons. The molecule has 0 bridgehead atoms. The van der Waals surface area contributed by atoms with Gasteiger partial charge >= 0.3 is 23.5 Å². The van der Waals surface area contributed by atoms with Crippen LogP contribution in [0.1, 0.15) is 0 Å². The molecular formula is C5H14BO13P3. The highest BCUT2D eigenvalue weighted by atomic mass is 31.3. The van der Waals surface area contributed by atoms with Gasteiger partial charge in [0.05, 0.1) is 12.6 Å². The molecule has 130 valence electrons. The van der Waals surface area contributed by atoms with E-state index < -0.39 is 54.4 Å². The number of ether oxygens (including phenoxy) is 1. The zero-order valence-corrected chi connectivity index (χ0v) is 13.6. The second-order valence-electron chi connectivity index (χ2n) is 4.25. The molecular weight excluding hydrogens is 372 g/mol. The van der Waals surface area contributed by atoms with Crippen LogP contribution in [0.25, 0.3) is 0 Å². The Labute approximate surface area is 124 Å². The molecule has 1 aliphatic heterocycles. The van der Waals surface area contributed by atoms with Crippen molar-refractivity contribution in [3.05, 3.63) is 0 Å². The SMILES string of the molecule is BC1OC(COP(=O)(O)OP(=O)(O)OP(=O)(O)O)C(O)C1O. The predicted molar refractivity (Wildman–Crippen MR) is 69.0 cm³/mol. The fourth-order valence-electron chi connectivity index (χ4n) is 1.54. The van der Waals surface area contributed by atoms with Crippen molar-refractivity contribution in [1.82, 2.24) is 0 Å². The van der Waals surface area contributed by atoms with Crippen molar-refractivity contribution in [2.24, 2.45) is 0 Å². The van der Waals surface area contributed by atoms with Gasteiger partial charge in [0.1, 0.15) is 26.2 Å². The van der Waals surface area contributed by atoms with E-state index in [2.05, 4.69) is 13.1 Å². The Morgan fingerprint density at radius 3 is 1.91 bits per heavy atom. The van der Waals surface area contributed by atoms with Crippen LogP contribution in [0.2, 0.25) is 0 Å². The highest BCUT2D eigenvalue weighted by molar-refractivity contribution is 7.66. The van der Waals surface area contributed by atoms with Gasteiger partial charge in [-0.1, -0.05) is 0 Å². The number of hydrogen-bond donors (Lipinski definition) is 6. The summed E-state index contributed by atoms with van der Waals surface area (Å²) in [5.74, 6) is 0. The number of aliphatic hydroxyl groups is 2. The van der Waals surface area contributed by atoms with E-state index in [-0.39, 0.29) is 0 Å². The Morgan fingerprint density at radius 2 is 1.50 bits per heavy atom. The van der Waals surface area contributed by atoms with Crippen molar-refractivity contribution >= 4 is 31.3 Å². The van der Waals surface area contributed by atoms with Crippen molar-refractivity contribution in [2.75, 3.05) is 6.61 Å². The van der Waals surface area contributed by atoms with Crippen LogP contribution in [0.4, 0.5) is 0 Å². The zero-order chi connectivity index (χ0) is 17.3. The molecule has 17 heteroatoms. The fraction of sp³-hybridized carbons (Fsp3) is 1.00. The standard InChI is InChI=1S/C5H14BO13P3/c6-5-4(8)3(7)2(17-5)1-16-21(12,13)19-22(14,15)18-20(9,10)11/h2-5,7-8H,1,6H2,(H,12,13)(H,14,15)(H2,9,10,11). The molecule has 6 atom stereocenters. The summed E-state index contributed by atoms with van der Waals surface area (Å²) in [7, 11) is -14.9. The third-order valence-corrected chi connectivity index (χ3v) is 6.22. The van der Waals surface area contributed by atoms with E-state index in [1.165, 1.54) is 7.85 Å². The predicted octanol–water partition coefficient (Wildman–Crippen LogP) is -2.59. The lowest BCUT2D eigenvalue weighted by molar-refractivity contribution is -0.00869. The third kappa shape index (κ3) is 6.46. The van der Waals surface area contributed by atoms with Gasteiger partial charge in [-0.3, -0.25) is 4.52 Å². The first-order chi connectivity index (χ1) is 9.72. The topological polar surface area (TPSA) is 210 Å². The average Bonchev–Trinajstić information content (AvgIpc) is 2.49. The number of hydrogen-bond acceptors (Lipinski definition) is 9. The highest BCUT2D eigenvalue weighted by Crippen LogP contribution is 2.66. The van der Waals surface area contributed by atoms with Gasteiger partial charge in [-0.25, -0.2) is 13.7 Å². The zero-order valence-electron chi connectivity index (χ0n) is 10.9. The Bertz CT molecular complexity index is 532. The molecule has 0 saturated carbocycles. The van der Waals surface area contributed by atoms with Gasteiger partial charge < -0.3 is 34.5 Å². The number of phosphoric acid groups is 3. The molecule has 0 amide bonds. The number of aliphatic hydroxyl groups excluding tert-OH is 2. The summed E-state index contributed by atoms with van der Waals surface area (Å²) in [4.78, 5) is 34.7. The van der Waals surface area contributed by atoms with Crippen molar-refractivity contribution in [3.8, 4) is 0 Å². The first-order valence-electron chi connectivity index (χ1n) is 5.52. The van der Waals surface area contributed by atoms with Gasteiger partial charge in [-0.15, -0.1) is 0 Å². The largest absolute Gasteiger partial charge is 0.490 e.